The Morgan fingerprint density at radius 1 is 1.33 bits per heavy atom. The van der Waals surface area contributed by atoms with Crippen molar-refractivity contribution in [3.8, 4) is 17.6 Å². The third kappa shape index (κ3) is 3.99. The quantitative estimate of drug-likeness (QED) is 0.801. The van der Waals surface area contributed by atoms with E-state index in [0.717, 1.165) is 0 Å². The van der Waals surface area contributed by atoms with E-state index in [1.165, 1.54) is 12.1 Å². The molecule has 0 aromatic heterocycles. The number of benzene rings is 1. The summed E-state index contributed by atoms with van der Waals surface area (Å²) < 4.78 is 0. The lowest BCUT2D eigenvalue weighted by Gasteiger charge is -2.32. The normalized spacial score (nSPS) is 15.0. The van der Waals surface area contributed by atoms with Gasteiger partial charge in [-0.2, -0.15) is 0 Å². The second-order valence-corrected chi connectivity index (χ2v) is 4.97. The number of hydrogen-bond acceptors (Lipinski definition) is 3. The Kier molecular flexibility index (Phi) is 4.83. The standard InChI is InChI=1S/C16H18N2O3/c1-2-4-15(20)17-13-7-9-18(10-8-13)16(21)12-5-3-6-14(19)11-12/h3,5-6,11,13,19H,7-10H2,1H3,(H,17,20). The molecule has 0 atom stereocenters. The van der Waals surface area contributed by atoms with Crippen molar-refractivity contribution in [1.82, 2.24) is 10.2 Å². The van der Waals surface area contributed by atoms with Crippen molar-refractivity contribution >= 4 is 11.8 Å². The van der Waals surface area contributed by atoms with Crippen LogP contribution < -0.4 is 5.32 Å². The Bertz CT molecular complexity index is 593. The SMILES string of the molecule is CC#CC(=O)NC1CCN(C(=O)c2cccc(O)c2)CC1. The maximum absolute atomic E-state index is 12.3. The molecule has 2 amide bonds. The zero-order chi connectivity index (χ0) is 15.2. The monoisotopic (exact) mass is 286 g/mol. The predicted octanol–water partition coefficient (Wildman–Crippen LogP) is 1.14. The first kappa shape index (κ1) is 14.9. The van der Waals surface area contributed by atoms with E-state index in [4.69, 9.17) is 0 Å². The molecule has 0 bridgehead atoms. The number of nitrogens with one attached hydrogen (secondary N) is 1. The minimum absolute atomic E-state index is 0.0616. The Labute approximate surface area is 124 Å². The van der Waals surface area contributed by atoms with E-state index in [2.05, 4.69) is 17.2 Å². The van der Waals surface area contributed by atoms with Gasteiger partial charge in [0.25, 0.3) is 11.8 Å². The molecule has 5 heteroatoms. The largest absolute Gasteiger partial charge is 0.508 e. The van der Waals surface area contributed by atoms with Crippen LogP contribution in [-0.2, 0) is 4.79 Å². The van der Waals surface area contributed by atoms with Gasteiger partial charge in [0.1, 0.15) is 5.75 Å². The summed E-state index contributed by atoms with van der Waals surface area (Å²) in [5.41, 5.74) is 0.481. The second-order valence-electron chi connectivity index (χ2n) is 4.97. The number of carbonyl (C=O) groups excluding carboxylic acids is 2. The van der Waals surface area contributed by atoms with Gasteiger partial charge in [0.2, 0.25) is 0 Å². The second kappa shape index (κ2) is 6.80. The fourth-order valence-corrected chi connectivity index (χ4v) is 2.38. The van der Waals surface area contributed by atoms with Gasteiger partial charge in [-0.15, -0.1) is 0 Å². The number of amides is 2. The van der Waals surface area contributed by atoms with Crippen LogP contribution in [0.2, 0.25) is 0 Å². The summed E-state index contributed by atoms with van der Waals surface area (Å²) in [6.07, 6.45) is 1.42. The Morgan fingerprint density at radius 2 is 2.05 bits per heavy atom. The lowest BCUT2D eigenvalue weighted by molar-refractivity contribution is -0.116. The molecule has 110 valence electrons. The number of hydrogen-bond donors (Lipinski definition) is 2. The van der Waals surface area contributed by atoms with Crippen LogP contribution >= 0.6 is 0 Å². The van der Waals surface area contributed by atoms with E-state index in [0.29, 0.717) is 31.5 Å². The highest BCUT2D eigenvalue weighted by Gasteiger charge is 2.24. The van der Waals surface area contributed by atoms with Crippen molar-refractivity contribution in [2.24, 2.45) is 0 Å². The van der Waals surface area contributed by atoms with Gasteiger partial charge in [0.05, 0.1) is 0 Å². The summed E-state index contributed by atoms with van der Waals surface area (Å²) in [5.74, 6) is 4.73. The molecule has 1 heterocycles. The third-order valence-electron chi connectivity index (χ3n) is 3.45. The first-order valence-corrected chi connectivity index (χ1v) is 6.91. The van der Waals surface area contributed by atoms with E-state index in [-0.39, 0.29) is 23.6 Å². The molecule has 1 aliphatic heterocycles. The minimum atomic E-state index is -0.268. The highest BCUT2D eigenvalue weighted by Crippen LogP contribution is 2.17. The van der Waals surface area contributed by atoms with Gasteiger partial charge >= 0.3 is 0 Å². The molecule has 1 saturated heterocycles. The topological polar surface area (TPSA) is 69.6 Å². The number of likely N-dealkylation sites (tertiary alicyclic amines) is 1. The highest BCUT2D eigenvalue weighted by molar-refractivity contribution is 5.95. The third-order valence-corrected chi connectivity index (χ3v) is 3.45. The lowest BCUT2D eigenvalue weighted by atomic mass is 10.0. The summed E-state index contributed by atoms with van der Waals surface area (Å²) in [5, 5.41) is 12.3. The smallest absolute Gasteiger partial charge is 0.296 e. The average Bonchev–Trinajstić information content (AvgIpc) is 2.47. The van der Waals surface area contributed by atoms with Crippen LogP contribution in [0.3, 0.4) is 0 Å². The van der Waals surface area contributed by atoms with Gasteiger partial charge in [-0.25, -0.2) is 0 Å². The number of nitrogens with zero attached hydrogens (tertiary/aromatic N) is 1. The molecule has 0 spiro atoms. The van der Waals surface area contributed by atoms with Crippen molar-refractivity contribution < 1.29 is 14.7 Å². The summed E-state index contributed by atoms with van der Waals surface area (Å²) >= 11 is 0. The van der Waals surface area contributed by atoms with E-state index in [1.54, 1.807) is 24.0 Å². The van der Waals surface area contributed by atoms with Crippen LogP contribution in [0.15, 0.2) is 24.3 Å². The van der Waals surface area contributed by atoms with Crippen molar-refractivity contribution in [2.45, 2.75) is 25.8 Å². The van der Waals surface area contributed by atoms with Crippen LogP contribution in [0.25, 0.3) is 0 Å². The lowest BCUT2D eigenvalue weighted by Crippen LogP contribution is -2.46. The molecule has 1 aromatic carbocycles. The summed E-state index contributed by atoms with van der Waals surface area (Å²) in [7, 11) is 0. The number of aromatic hydroxyl groups is 1. The highest BCUT2D eigenvalue weighted by atomic mass is 16.3. The molecule has 0 saturated carbocycles. The number of carbonyl (C=O) groups is 2. The van der Waals surface area contributed by atoms with Gasteiger partial charge in [0.15, 0.2) is 0 Å². The number of phenolic OH excluding ortho intramolecular Hbond substituents is 1. The van der Waals surface area contributed by atoms with Gasteiger partial charge in [-0.05, 0) is 43.9 Å². The van der Waals surface area contributed by atoms with Crippen LogP contribution in [0.1, 0.15) is 30.1 Å². The molecule has 2 N–H and O–H groups in total. The van der Waals surface area contributed by atoms with E-state index < -0.39 is 0 Å². The Balaban J connectivity index is 1.90. The van der Waals surface area contributed by atoms with E-state index >= 15 is 0 Å². The van der Waals surface area contributed by atoms with Crippen molar-refractivity contribution in [1.29, 1.82) is 0 Å². The number of phenols is 1. The zero-order valence-corrected chi connectivity index (χ0v) is 11.9. The Hall–Kier alpha value is -2.48. The Morgan fingerprint density at radius 3 is 2.67 bits per heavy atom. The van der Waals surface area contributed by atoms with Gasteiger partial charge in [-0.1, -0.05) is 12.0 Å². The molecule has 21 heavy (non-hydrogen) atoms. The summed E-state index contributed by atoms with van der Waals surface area (Å²) in [6.45, 7) is 2.79. The molecule has 0 aliphatic carbocycles. The maximum Gasteiger partial charge on any atom is 0.296 e. The molecular weight excluding hydrogens is 268 g/mol. The molecule has 2 rings (SSSR count). The number of rotatable bonds is 2. The van der Waals surface area contributed by atoms with Crippen molar-refractivity contribution in [3.63, 3.8) is 0 Å². The van der Waals surface area contributed by atoms with Crippen LogP contribution in [0.4, 0.5) is 0 Å². The summed E-state index contributed by atoms with van der Waals surface area (Å²) in [6, 6.07) is 6.40. The minimum Gasteiger partial charge on any atom is -0.508 e. The van der Waals surface area contributed by atoms with Crippen LogP contribution in [-0.4, -0.2) is 41.0 Å². The van der Waals surface area contributed by atoms with Crippen LogP contribution in [0.5, 0.6) is 5.75 Å². The first-order valence-electron chi connectivity index (χ1n) is 6.91. The van der Waals surface area contributed by atoms with Gasteiger partial charge < -0.3 is 15.3 Å². The van der Waals surface area contributed by atoms with Gasteiger partial charge in [0, 0.05) is 24.7 Å². The zero-order valence-electron chi connectivity index (χ0n) is 11.9. The van der Waals surface area contributed by atoms with Crippen molar-refractivity contribution in [2.75, 3.05) is 13.1 Å². The van der Waals surface area contributed by atoms with E-state index in [1.807, 2.05) is 0 Å². The first-order chi connectivity index (χ1) is 10.1. The van der Waals surface area contributed by atoms with Crippen molar-refractivity contribution in [3.05, 3.63) is 29.8 Å². The fourth-order valence-electron chi connectivity index (χ4n) is 2.38. The van der Waals surface area contributed by atoms with Crippen LogP contribution in [0, 0.1) is 11.8 Å². The molecule has 0 unspecified atom stereocenters. The number of piperidine rings is 1. The fraction of sp³-hybridized carbons (Fsp3) is 0.375. The molecule has 1 fully saturated rings. The molecule has 0 radical (unpaired) electrons. The molecule has 1 aromatic rings. The van der Waals surface area contributed by atoms with Gasteiger partial charge in [-0.3, -0.25) is 9.59 Å². The molecular formula is C16H18N2O3. The maximum atomic E-state index is 12.3. The van der Waals surface area contributed by atoms with E-state index in [9.17, 15) is 14.7 Å². The summed E-state index contributed by atoms with van der Waals surface area (Å²) in [4.78, 5) is 25.4. The molecule has 5 nitrogen and oxygen atoms in total. The molecule has 1 aliphatic rings. The predicted molar refractivity (Wildman–Crippen MR) is 78.6 cm³/mol. The average molecular weight is 286 g/mol.